The third-order valence-electron chi connectivity index (χ3n) is 3.31. The number of aliphatic imine (C=N–C) groups is 2. The Morgan fingerprint density at radius 1 is 1.00 bits per heavy atom. The van der Waals surface area contributed by atoms with Crippen LogP contribution in [-0.4, -0.2) is 91.3 Å². The van der Waals surface area contributed by atoms with Gasteiger partial charge in [0, 0.05) is 31.9 Å². The molecular formula is C15H29N3O10S2. The van der Waals surface area contributed by atoms with Crippen molar-refractivity contribution in [2.75, 3.05) is 25.6 Å². The van der Waals surface area contributed by atoms with E-state index in [1.54, 1.807) is 5.32 Å². The van der Waals surface area contributed by atoms with Crippen molar-refractivity contribution in [3.05, 3.63) is 0 Å². The Morgan fingerprint density at radius 2 is 1.43 bits per heavy atom. The van der Waals surface area contributed by atoms with Crippen molar-refractivity contribution in [1.82, 2.24) is 0 Å². The summed E-state index contributed by atoms with van der Waals surface area (Å²) in [6.07, 6.45) is 3.30. The van der Waals surface area contributed by atoms with Gasteiger partial charge in [0.2, 0.25) is 0 Å². The summed E-state index contributed by atoms with van der Waals surface area (Å²) in [6.45, 7) is 5.05. The summed E-state index contributed by atoms with van der Waals surface area (Å²) in [7, 11) is -7.58. The number of nitrogens with two attached hydrogens (primary N) is 1. The summed E-state index contributed by atoms with van der Waals surface area (Å²) in [4.78, 5) is 29.0. The summed E-state index contributed by atoms with van der Waals surface area (Å²) < 4.78 is 53.1. The van der Waals surface area contributed by atoms with Crippen LogP contribution in [0.2, 0.25) is 0 Å². The molecule has 0 radical (unpaired) electrons. The lowest BCUT2D eigenvalue weighted by atomic mass is 9.97. The van der Waals surface area contributed by atoms with Crippen LogP contribution in [-0.2, 0) is 29.8 Å². The molecule has 0 fully saturated rings. The van der Waals surface area contributed by atoms with Crippen LogP contribution in [0, 0.1) is 5.92 Å². The second-order valence-electron chi connectivity index (χ2n) is 6.51. The Bertz CT molecular complexity index is 749. The summed E-state index contributed by atoms with van der Waals surface area (Å²) in [5, 5.41) is 18.9. The number of hydrogen-bond donors (Lipinski definition) is 4. The highest BCUT2D eigenvalue weighted by Crippen LogP contribution is 2.14. The molecular weight excluding hydrogens is 446 g/mol. The molecule has 5 N–H and O–H groups in total. The first-order valence-corrected chi connectivity index (χ1v) is 12.2. The van der Waals surface area contributed by atoms with Gasteiger partial charge in [0.25, 0.3) is 10.1 Å². The molecule has 2 aliphatic rings. The van der Waals surface area contributed by atoms with Crippen molar-refractivity contribution in [3.8, 4) is 0 Å². The van der Waals surface area contributed by atoms with Crippen LogP contribution in [0.1, 0.15) is 33.1 Å². The molecule has 2 heterocycles. The van der Waals surface area contributed by atoms with Gasteiger partial charge in [-0.05, 0) is 19.8 Å². The van der Waals surface area contributed by atoms with Gasteiger partial charge < -0.3 is 14.8 Å². The Balaban J connectivity index is 0. The molecule has 2 rings (SSSR count). The molecule has 0 spiro atoms. The van der Waals surface area contributed by atoms with Crippen LogP contribution < -0.4 is 5.32 Å². The van der Waals surface area contributed by atoms with Gasteiger partial charge in [0.05, 0.1) is 28.8 Å². The summed E-state index contributed by atoms with van der Waals surface area (Å²) in [6, 6.07) is -0.308. The molecule has 0 aromatic rings. The van der Waals surface area contributed by atoms with Gasteiger partial charge in [-0.1, -0.05) is 0 Å². The van der Waals surface area contributed by atoms with Crippen molar-refractivity contribution in [2.24, 2.45) is 15.9 Å². The van der Waals surface area contributed by atoms with Crippen molar-refractivity contribution >= 4 is 43.7 Å². The molecule has 0 amide bonds. The molecule has 0 aromatic heterocycles. The number of hydrogen-bond acceptors (Lipinski definition) is 9. The van der Waals surface area contributed by atoms with E-state index in [2.05, 4.69) is 9.98 Å². The highest BCUT2D eigenvalue weighted by molar-refractivity contribution is 7.85. The lowest BCUT2D eigenvalue weighted by molar-refractivity contribution is -0.573. The number of nitrogens with zero attached hydrogens (tertiary/aromatic N) is 2. The van der Waals surface area contributed by atoms with Crippen LogP contribution in [0.4, 0.5) is 0 Å². The van der Waals surface area contributed by atoms with Gasteiger partial charge in [-0.3, -0.25) is 19.7 Å². The number of carboxylic acid groups (broad SMARTS) is 2. The number of carboxylic acids is 2. The maximum absolute atomic E-state index is 10.4. The molecule has 0 aliphatic carbocycles. The highest BCUT2D eigenvalue weighted by Gasteiger charge is 2.24. The molecule has 13 nitrogen and oxygen atoms in total. The van der Waals surface area contributed by atoms with Crippen LogP contribution >= 0.6 is 0 Å². The number of carbonyl (C=O) groups is 2. The molecule has 2 unspecified atom stereocenters. The summed E-state index contributed by atoms with van der Waals surface area (Å²) in [5.74, 6) is -0.764. The smallest absolute Gasteiger partial charge is 0.362 e. The number of quaternary nitrogens is 1. The van der Waals surface area contributed by atoms with E-state index in [-0.39, 0.29) is 12.0 Å². The van der Waals surface area contributed by atoms with Gasteiger partial charge in [0.15, 0.2) is 11.9 Å². The molecule has 0 aromatic carbocycles. The third-order valence-corrected chi connectivity index (χ3v) is 3.31. The van der Waals surface area contributed by atoms with E-state index >= 15 is 0 Å². The van der Waals surface area contributed by atoms with E-state index < -0.39 is 32.2 Å². The van der Waals surface area contributed by atoms with Gasteiger partial charge in [0.1, 0.15) is 0 Å². The monoisotopic (exact) mass is 475 g/mol. The molecule has 2 aliphatic heterocycles. The lowest BCUT2D eigenvalue weighted by Gasteiger charge is -2.15. The van der Waals surface area contributed by atoms with Crippen LogP contribution in [0.25, 0.3) is 0 Å². The maximum atomic E-state index is 10.4. The average Bonchev–Trinajstić information content (AvgIpc) is 2.52. The fourth-order valence-electron chi connectivity index (χ4n) is 2.15. The van der Waals surface area contributed by atoms with E-state index in [0.717, 1.165) is 11.5 Å². The second-order valence-corrected chi connectivity index (χ2v) is 9.38. The van der Waals surface area contributed by atoms with Crippen LogP contribution in [0.5, 0.6) is 0 Å². The average molecular weight is 476 g/mol. The number of amidine groups is 1. The van der Waals surface area contributed by atoms with Crippen molar-refractivity contribution in [3.63, 3.8) is 0 Å². The third kappa shape index (κ3) is 24.1. The predicted octanol–water partition coefficient (Wildman–Crippen LogP) is -1.57. The first-order valence-electron chi connectivity index (χ1n) is 8.55. The lowest BCUT2D eigenvalue weighted by Crippen LogP contribution is -2.95. The fraction of sp³-hybridized carbons (Fsp3) is 0.733. The first kappa shape index (κ1) is 30.3. The normalized spacial score (nSPS) is 21.0. The quantitative estimate of drug-likeness (QED) is 0.335. The zero-order valence-electron chi connectivity index (χ0n) is 17.2. The maximum Gasteiger partial charge on any atom is 0.362 e. The topological polar surface area (TPSA) is 227 Å². The largest absolute Gasteiger partial charge is 0.748 e. The second kappa shape index (κ2) is 14.1. The molecule has 0 bridgehead atoms. The molecule has 30 heavy (non-hydrogen) atoms. The fourth-order valence-corrected chi connectivity index (χ4v) is 2.15. The van der Waals surface area contributed by atoms with Crippen LogP contribution in [0.3, 0.4) is 0 Å². The zero-order chi connectivity index (χ0) is 24.1. The minimum atomic E-state index is -3.92. The predicted molar refractivity (Wildman–Crippen MR) is 107 cm³/mol. The Labute approximate surface area is 175 Å². The zero-order valence-corrected chi connectivity index (χ0v) is 18.8. The standard InChI is InChI=1S/C7H11NO2.C6H10N2O2.2CH4O3S/c1-5-4-6(7(9)10)2-3-8-5;1-4-7-3-2-5(8-4)6(9)10;2*1-5(2,3)4/h6H,2-4H2,1H3,(H,9,10);5H,2-3H2,1H3,(H,7,8)(H,9,10);2*1H3,(H,2,3,4). The Hall–Kier alpha value is -1.94. The highest BCUT2D eigenvalue weighted by atomic mass is 32.2. The molecule has 2 atom stereocenters. The molecule has 15 heteroatoms. The molecule has 176 valence electrons. The van der Waals surface area contributed by atoms with Crippen LogP contribution in [0.15, 0.2) is 9.98 Å². The number of rotatable bonds is 2. The minimum Gasteiger partial charge on any atom is -0.748 e. The van der Waals surface area contributed by atoms with Gasteiger partial charge >= 0.3 is 11.9 Å². The Kier molecular flexibility index (Phi) is 14.3. The van der Waals surface area contributed by atoms with E-state index in [1.165, 1.54) is 0 Å². The van der Waals surface area contributed by atoms with E-state index in [1.807, 2.05) is 13.8 Å². The summed E-state index contributed by atoms with van der Waals surface area (Å²) in [5.41, 5.74) is 0.971. The SMILES string of the molecule is CC1=NCCC(C(=O)O)C1.CC1=NCCC(C(=O)O)[NH2+]1.CS(=O)(=O)O.CS(=O)(=O)[O-]. The molecule has 0 saturated heterocycles. The Morgan fingerprint density at radius 3 is 1.70 bits per heavy atom. The molecule has 0 saturated carbocycles. The first-order chi connectivity index (χ1) is 13.4. The van der Waals surface area contributed by atoms with E-state index in [4.69, 9.17) is 27.7 Å². The number of aliphatic carboxylic acids is 2. The minimum absolute atomic E-state index is 0.183. The van der Waals surface area contributed by atoms with E-state index in [9.17, 15) is 18.0 Å². The van der Waals surface area contributed by atoms with Gasteiger partial charge in [-0.2, -0.15) is 8.42 Å². The van der Waals surface area contributed by atoms with E-state index in [0.29, 0.717) is 44.9 Å². The van der Waals surface area contributed by atoms with Crippen molar-refractivity contribution < 1.29 is 51.1 Å². The van der Waals surface area contributed by atoms with Gasteiger partial charge in [-0.15, -0.1) is 0 Å². The van der Waals surface area contributed by atoms with Crippen molar-refractivity contribution in [1.29, 1.82) is 0 Å². The van der Waals surface area contributed by atoms with Gasteiger partial charge in [-0.25, -0.2) is 18.2 Å². The summed E-state index contributed by atoms with van der Waals surface area (Å²) >= 11 is 0. The van der Waals surface area contributed by atoms with Crippen molar-refractivity contribution in [2.45, 2.75) is 39.2 Å².